The number of esters is 1. The molecule has 2 aromatic rings. The average molecular weight is 490 g/mol. The minimum absolute atomic E-state index is 0.0215. The number of benzene rings is 2. The molecule has 2 N–H and O–H groups in total. The fourth-order valence-electron chi connectivity index (χ4n) is 3.32. The van der Waals surface area contributed by atoms with Crippen LogP contribution in [0, 0.1) is 16.0 Å². The number of nitrogens with zero attached hydrogens (tertiary/aromatic N) is 1. The summed E-state index contributed by atoms with van der Waals surface area (Å²) in [6, 6.07) is 8.14. The van der Waals surface area contributed by atoms with Crippen LogP contribution in [-0.2, 0) is 27.2 Å². The molecular weight excluding hydrogens is 462 g/mol. The molecule has 9 nitrogen and oxygen atoms in total. The summed E-state index contributed by atoms with van der Waals surface area (Å²) in [6.07, 6.45) is 1.46. The third kappa shape index (κ3) is 6.77. The van der Waals surface area contributed by atoms with Crippen LogP contribution in [0.2, 0.25) is 5.02 Å². The quantitative estimate of drug-likeness (QED) is 0.291. The van der Waals surface area contributed by atoms with Crippen molar-refractivity contribution in [3.05, 3.63) is 68.2 Å². The highest BCUT2D eigenvalue weighted by Gasteiger charge is 2.28. The number of nitro groups is 1. The Morgan fingerprint density at radius 2 is 1.71 bits per heavy atom. The van der Waals surface area contributed by atoms with E-state index >= 15 is 0 Å². The molecule has 0 bridgehead atoms. The normalized spacial score (nSPS) is 11.6. The second-order valence-electron chi connectivity index (χ2n) is 7.93. The van der Waals surface area contributed by atoms with Crippen molar-refractivity contribution in [3.8, 4) is 0 Å². The number of non-ortho nitro benzene ring substituents is 1. The van der Waals surface area contributed by atoms with Crippen molar-refractivity contribution < 1.29 is 24.0 Å². The van der Waals surface area contributed by atoms with Crippen molar-refractivity contribution in [1.82, 2.24) is 5.32 Å². The molecule has 0 unspecified atom stereocenters. The number of rotatable bonds is 10. The Morgan fingerprint density at radius 3 is 2.21 bits per heavy atom. The summed E-state index contributed by atoms with van der Waals surface area (Å²) in [4.78, 5) is 48.0. The molecule has 0 aliphatic carbocycles. The minimum atomic E-state index is -1.05. The summed E-state index contributed by atoms with van der Waals surface area (Å²) in [5, 5.41) is 16.1. The number of anilines is 1. The maximum absolute atomic E-state index is 12.6. The van der Waals surface area contributed by atoms with Crippen LogP contribution in [0.15, 0.2) is 36.4 Å². The van der Waals surface area contributed by atoms with E-state index in [2.05, 4.69) is 10.6 Å². The Balaban J connectivity index is 2.05. The van der Waals surface area contributed by atoms with E-state index < -0.39 is 35.4 Å². The van der Waals surface area contributed by atoms with Gasteiger partial charge in [0.05, 0.1) is 15.5 Å². The van der Waals surface area contributed by atoms with Crippen molar-refractivity contribution >= 4 is 40.8 Å². The Labute approximate surface area is 203 Å². The topological polar surface area (TPSA) is 128 Å². The highest BCUT2D eigenvalue weighted by Crippen LogP contribution is 2.24. The predicted molar refractivity (Wildman–Crippen MR) is 129 cm³/mol. The predicted octanol–water partition coefficient (Wildman–Crippen LogP) is 4.31. The van der Waals surface area contributed by atoms with Gasteiger partial charge in [-0.05, 0) is 36.0 Å². The average Bonchev–Trinajstić information content (AvgIpc) is 2.80. The molecular formula is C24H28ClN3O6. The monoisotopic (exact) mass is 489 g/mol. The first-order chi connectivity index (χ1) is 16.1. The van der Waals surface area contributed by atoms with Crippen molar-refractivity contribution in [2.75, 3.05) is 11.9 Å². The van der Waals surface area contributed by atoms with Gasteiger partial charge in [-0.3, -0.25) is 19.7 Å². The lowest BCUT2D eigenvalue weighted by atomic mass is 10.0. The van der Waals surface area contributed by atoms with Gasteiger partial charge in [0.2, 0.25) is 0 Å². The van der Waals surface area contributed by atoms with E-state index in [0.29, 0.717) is 0 Å². The number of amides is 2. The van der Waals surface area contributed by atoms with Crippen LogP contribution >= 0.6 is 11.6 Å². The highest BCUT2D eigenvalue weighted by atomic mass is 35.5. The smallest absolute Gasteiger partial charge is 0.329 e. The number of carbonyl (C=O) groups excluding carboxylic acids is 3. The number of carbonyl (C=O) groups is 3. The number of hydrogen-bond acceptors (Lipinski definition) is 6. The summed E-state index contributed by atoms with van der Waals surface area (Å²) in [7, 11) is 0. The molecule has 0 fully saturated rings. The van der Waals surface area contributed by atoms with E-state index in [9.17, 15) is 24.5 Å². The largest absolute Gasteiger partial charge is 0.454 e. The number of hydrogen-bond donors (Lipinski definition) is 2. The van der Waals surface area contributed by atoms with Crippen LogP contribution in [-0.4, -0.2) is 35.4 Å². The van der Waals surface area contributed by atoms with Crippen LogP contribution in [0.5, 0.6) is 0 Å². The second-order valence-corrected chi connectivity index (χ2v) is 8.34. The number of halogens is 1. The van der Waals surface area contributed by atoms with Gasteiger partial charge in [-0.1, -0.05) is 57.5 Å². The van der Waals surface area contributed by atoms with Crippen molar-refractivity contribution in [2.24, 2.45) is 5.92 Å². The molecule has 0 heterocycles. The van der Waals surface area contributed by atoms with E-state index in [1.165, 1.54) is 6.07 Å². The summed E-state index contributed by atoms with van der Waals surface area (Å²) in [5.74, 6) is -2.32. The molecule has 0 spiro atoms. The molecule has 0 saturated carbocycles. The van der Waals surface area contributed by atoms with Crippen molar-refractivity contribution in [1.29, 1.82) is 0 Å². The first-order valence-electron chi connectivity index (χ1n) is 10.9. The van der Waals surface area contributed by atoms with Gasteiger partial charge in [0.25, 0.3) is 17.5 Å². The van der Waals surface area contributed by atoms with E-state index in [0.717, 1.165) is 41.8 Å². The summed E-state index contributed by atoms with van der Waals surface area (Å²) in [5.41, 5.74) is 2.39. The summed E-state index contributed by atoms with van der Waals surface area (Å²) < 4.78 is 5.18. The fourth-order valence-corrected chi connectivity index (χ4v) is 3.58. The molecule has 2 aromatic carbocycles. The molecule has 1 atom stereocenters. The Bertz CT molecular complexity index is 1060. The molecule has 0 aliphatic heterocycles. The zero-order valence-corrected chi connectivity index (χ0v) is 20.3. The maximum Gasteiger partial charge on any atom is 0.329 e. The Morgan fingerprint density at radius 1 is 1.09 bits per heavy atom. The zero-order chi connectivity index (χ0) is 25.4. The SMILES string of the molecule is CCc1cccc(CC)c1NC(=O)COC(=O)[C@@H](NC(=O)c1ccc([N+](=O)[O-])cc1Cl)C(C)C. The van der Waals surface area contributed by atoms with Gasteiger partial charge >= 0.3 is 5.97 Å². The highest BCUT2D eigenvalue weighted by molar-refractivity contribution is 6.34. The van der Waals surface area contributed by atoms with Gasteiger partial charge in [-0.15, -0.1) is 0 Å². The molecule has 182 valence electrons. The fraction of sp³-hybridized carbons (Fsp3) is 0.375. The summed E-state index contributed by atoms with van der Waals surface area (Å²) in [6.45, 7) is 6.86. The van der Waals surface area contributed by atoms with Gasteiger partial charge in [0, 0.05) is 17.8 Å². The molecule has 0 aliphatic rings. The lowest BCUT2D eigenvalue weighted by Crippen LogP contribution is -2.46. The molecule has 2 amide bonds. The third-order valence-electron chi connectivity index (χ3n) is 5.22. The number of para-hydroxylation sites is 1. The van der Waals surface area contributed by atoms with Crippen LogP contribution in [0.4, 0.5) is 11.4 Å². The first kappa shape index (κ1) is 26.8. The number of nitrogens with one attached hydrogen (secondary N) is 2. The molecule has 10 heteroatoms. The standard InChI is InChI=1S/C24H28ClN3O6/c1-5-15-8-7-9-16(6-2)22(15)26-20(29)13-34-24(31)21(14(3)4)27-23(30)18-11-10-17(28(32)33)12-19(18)25/h7-12,14,21H,5-6,13H2,1-4H3,(H,26,29)(H,27,30)/t21-/m0/s1. The maximum atomic E-state index is 12.6. The van der Waals surface area contributed by atoms with Gasteiger partial charge in [-0.25, -0.2) is 4.79 Å². The third-order valence-corrected chi connectivity index (χ3v) is 5.54. The molecule has 2 rings (SSSR count). The molecule has 0 saturated heterocycles. The van der Waals surface area contributed by atoms with Gasteiger partial charge in [0.1, 0.15) is 6.04 Å². The van der Waals surface area contributed by atoms with Gasteiger partial charge in [-0.2, -0.15) is 0 Å². The van der Waals surface area contributed by atoms with Crippen LogP contribution < -0.4 is 10.6 Å². The number of nitro benzene ring substituents is 1. The second kappa shape index (κ2) is 12.1. The Hall–Kier alpha value is -3.46. The number of ether oxygens (including phenoxy) is 1. The number of aryl methyl sites for hydroxylation is 2. The van der Waals surface area contributed by atoms with Gasteiger partial charge in [0.15, 0.2) is 6.61 Å². The minimum Gasteiger partial charge on any atom is -0.454 e. The van der Waals surface area contributed by atoms with E-state index in [-0.39, 0.29) is 22.2 Å². The molecule has 0 radical (unpaired) electrons. The summed E-state index contributed by atoms with van der Waals surface area (Å²) >= 11 is 6.01. The van der Waals surface area contributed by atoms with Crippen LogP contribution in [0.1, 0.15) is 49.2 Å². The van der Waals surface area contributed by atoms with Crippen LogP contribution in [0.25, 0.3) is 0 Å². The first-order valence-corrected chi connectivity index (χ1v) is 11.3. The van der Waals surface area contributed by atoms with Crippen molar-refractivity contribution in [2.45, 2.75) is 46.6 Å². The zero-order valence-electron chi connectivity index (χ0n) is 19.5. The van der Waals surface area contributed by atoms with E-state index in [4.69, 9.17) is 16.3 Å². The lowest BCUT2D eigenvalue weighted by molar-refractivity contribution is -0.384. The van der Waals surface area contributed by atoms with E-state index in [1.54, 1.807) is 13.8 Å². The lowest BCUT2D eigenvalue weighted by Gasteiger charge is -2.21. The molecule has 34 heavy (non-hydrogen) atoms. The van der Waals surface area contributed by atoms with Crippen LogP contribution in [0.3, 0.4) is 0 Å². The van der Waals surface area contributed by atoms with Crippen molar-refractivity contribution in [3.63, 3.8) is 0 Å². The van der Waals surface area contributed by atoms with Gasteiger partial charge < -0.3 is 15.4 Å². The Kier molecular flexibility index (Phi) is 9.56. The molecule has 0 aromatic heterocycles. The van der Waals surface area contributed by atoms with E-state index in [1.807, 2.05) is 32.0 Å².